The predicted octanol–water partition coefficient (Wildman–Crippen LogP) is 3.96. The van der Waals surface area contributed by atoms with Crippen molar-refractivity contribution in [1.82, 2.24) is 19.8 Å². The number of hydrogen-bond donors (Lipinski definition) is 0. The van der Waals surface area contributed by atoms with E-state index in [1.807, 2.05) is 42.5 Å². The maximum Gasteiger partial charge on any atom is 0.254 e. The largest absolute Gasteiger partial charge is 0.339 e. The number of fused-ring (bicyclic) bond motifs is 1. The second kappa shape index (κ2) is 9.39. The molecule has 2 aromatic carbocycles. The predicted molar refractivity (Wildman–Crippen MR) is 128 cm³/mol. The van der Waals surface area contributed by atoms with Crippen molar-refractivity contribution in [1.29, 1.82) is 0 Å². The zero-order valence-electron chi connectivity index (χ0n) is 18.5. The summed E-state index contributed by atoms with van der Waals surface area (Å²) in [5, 5.41) is 0.806. The summed E-state index contributed by atoms with van der Waals surface area (Å²) in [4.78, 5) is 38.6. The molecule has 1 saturated heterocycles. The van der Waals surface area contributed by atoms with Crippen LogP contribution in [0.4, 0.5) is 4.39 Å². The minimum absolute atomic E-state index is 0.0203. The van der Waals surface area contributed by atoms with Gasteiger partial charge in [0.25, 0.3) is 5.91 Å². The first-order valence-corrected chi connectivity index (χ1v) is 11.2. The molecule has 0 saturated carbocycles. The smallest absolute Gasteiger partial charge is 0.254 e. The average Bonchev–Trinajstić information content (AvgIpc) is 2.89. The Morgan fingerprint density at radius 3 is 2.26 bits per heavy atom. The fourth-order valence-corrected chi connectivity index (χ4v) is 4.24. The van der Waals surface area contributed by atoms with Crippen molar-refractivity contribution < 1.29 is 14.0 Å². The van der Waals surface area contributed by atoms with E-state index in [1.165, 1.54) is 12.1 Å². The van der Waals surface area contributed by atoms with Crippen molar-refractivity contribution in [3.8, 4) is 11.3 Å². The Labute approximate surface area is 196 Å². The summed E-state index contributed by atoms with van der Waals surface area (Å²) in [7, 11) is 0. The van der Waals surface area contributed by atoms with Crippen molar-refractivity contribution in [2.24, 2.45) is 0 Å². The lowest BCUT2D eigenvalue weighted by Crippen LogP contribution is -2.51. The number of pyridine rings is 2. The number of piperazine rings is 1. The molecule has 3 heterocycles. The highest BCUT2D eigenvalue weighted by Gasteiger charge is 2.26. The van der Waals surface area contributed by atoms with Gasteiger partial charge < -0.3 is 9.80 Å². The van der Waals surface area contributed by atoms with Crippen molar-refractivity contribution in [3.05, 3.63) is 96.1 Å². The molecule has 170 valence electrons. The molecule has 0 bridgehead atoms. The van der Waals surface area contributed by atoms with Gasteiger partial charge in [0.15, 0.2) is 0 Å². The topological polar surface area (TPSA) is 66.4 Å². The molecule has 2 amide bonds. The van der Waals surface area contributed by atoms with Crippen LogP contribution >= 0.6 is 0 Å². The van der Waals surface area contributed by atoms with Gasteiger partial charge >= 0.3 is 0 Å². The van der Waals surface area contributed by atoms with E-state index < -0.39 is 0 Å². The van der Waals surface area contributed by atoms with Gasteiger partial charge in [0.2, 0.25) is 5.91 Å². The molecule has 0 radical (unpaired) electrons. The lowest BCUT2D eigenvalue weighted by Gasteiger charge is -2.35. The first-order chi connectivity index (χ1) is 16.6. The number of rotatable bonds is 4. The highest BCUT2D eigenvalue weighted by atomic mass is 19.1. The number of hydrogen-bond acceptors (Lipinski definition) is 4. The van der Waals surface area contributed by atoms with Crippen molar-refractivity contribution in [3.63, 3.8) is 0 Å². The Morgan fingerprint density at radius 2 is 1.53 bits per heavy atom. The fraction of sp³-hybridized carbons (Fsp3) is 0.185. The lowest BCUT2D eigenvalue weighted by atomic mass is 10.0. The maximum atomic E-state index is 13.5. The van der Waals surface area contributed by atoms with Crippen LogP contribution in [0.25, 0.3) is 22.2 Å². The minimum Gasteiger partial charge on any atom is -0.339 e. The van der Waals surface area contributed by atoms with Gasteiger partial charge in [0.05, 0.1) is 23.2 Å². The zero-order valence-corrected chi connectivity index (χ0v) is 18.5. The summed E-state index contributed by atoms with van der Waals surface area (Å²) in [6.45, 7) is 1.84. The van der Waals surface area contributed by atoms with Gasteiger partial charge in [0.1, 0.15) is 5.82 Å². The third-order valence-corrected chi connectivity index (χ3v) is 6.11. The van der Waals surface area contributed by atoms with Gasteiger partial charge in [-0.2, -0.15) is 0 Å². The van der Waals surface area contributed by atoms with Gasteiger partial charge in [-0.25, -0.2) is 9.37 Å². The Bertz CT molecular complexity index is 1330. The van der Waals surface area contributed by atoms with Gasteiger partial charge in [-0.15, -0.1) is 0 Å². The number of carbonyl (C=O) groups excluding carboxylic acids is 2. The average molecular weight is 455 g/mol. The molecule has 0 aliphatic carbocycles. The van der Waals surface area contributed by atoms with Gasteiger partial charge in [-0.05, 0) is 42.0 Å². The normalized spacial score (nSPS) is 13.8. The summed E-state index contributed by atoms with van der Waals surface area (Å²) >= 11 is 0. The SMILES string of the molecule is O=C(Cc1ccc(F)cc1)N1CCN(C(=O)c2cc(-c3ccncc3)nc3ccccc23)CC1. The van der Waals surface area contributed by atoms with Crippen molar-refractivity contribution >= 4 is 22.7 Å². The molecule has 1 aliphatic rings. The third-order valence-electron chi connectivity index (χ3n) is 6.11. The van der Waals surface area contributed by atoms with Gasteiger partial charge in [0, 0.05) is 49.5 Å². The van der Waals surface area contributed by atoms with Crippen LogP contribution in [0.3, 0.4) is 0 Å². The number of halogens is 1. The quantitative estimate of drug-likeness (QED) is 0.468. The molecule has 1 fully saturated rings. The fourth-order valence-electron chi connectivity index (χ4n) is 4.24. The van der Waals surface area contributed by atoms with Crippen LogP contribution in [0.5, 0.6) is 0 Å². The summed E-state index contributed by atoms with van der Waals surface area (Å²) in [5.74, 6) is -0.411. The van der Waals surface area contributed by atoms with E-state index in [2.05, 4.69) is 4.98 Å². The molecule has 0 spiro atoms. The Kier molecular flexibility index (Phi) is 5.99. The van der Waals surface area contributed by atoms with Crippen LogP contribution in [0.1, 0.15) is 15.9 Å². The molecular formula is C27H23FN4O2. The number of amides is 2. The van der Waals surface area contributed by atoms with Crippen molar-refractivity contribution in [2.45, 2.75) is 6.42 Å². The molecule has 7 heteroatoms. The van der Waals surface area contributed by atoms with E-state index in [1.54, 1.807) is 34.3 Å². The van der Waals surface area contributed by atoms with E-state index in [9.17, 15) is 14.0 Å². The molecule has 34 heavy (non-hydrogen) atoms. The molecule has 1 aliphatic heterocycles. The second-order valence-electron chi connectivity index (χ2n) is 8.28. The lowest BCUT2D eigenvalue weighted by molar-refractivity contribution is -0.131. The van der Waals surface area contributed by atoms with Gasteiger partial charge in [-0.3, -0.25) is 14.6 Å². The molecule has 0 N–H and O–H groups in total. The zero-order chi connectivity index (χ0) is 23.5. The standard InChI is InChI=1S/C27H23FN4O2/c28-21-7-5-19(6-8-21)17-26(33)31-13-15-32(16-14-31)27(34)23-18-25(20-9-11-29-12-10-20)30-24-4-2-1-3-22(23)24/h1-12,18H,13-17H2. The third kappa shape index (κ3) is 4.50. The van der Waals surface area contributed by atoms with E-state index in [4.69, 9.17) is 4.98 Å². The van der Waals surface area contributed by atoms with E-state index in [0.29, 0.717) is 31.7 Å². The Hall–Kier alpha value is -4.13. The molecule has 0 unspecified atom stereocenters. The van der Waals surface area contributed by atoms with Crippen LogP contribution < -0.4 is 0 Å². The van der Waals surface area contributed by atoms with Crippen LogP contribution in [-0.4, -0.2) is 57.8 Å². The highest BCUT2D eigenvalue weighted by Crippen LogP contribution is 2.26. The molecule has 0 atom stereocenters. The number of aromatic nitrogens is 2. The van der Waals surface area contributed by atoms with E-state index in [0.717, 1.165) is 27.7 Å². The first kappa shape index (κ1) is 21.7. The summed E-state index contributed by atoms with van der Waals surface area (Å²) < 4.78 is 13.1. The molecule has 4 aromatic rings. The number of para-hydroxylation sites is 1. The summed E-state index contributed by atoms with van der Waals surface area (Å²) in [6.07, 6.45) is 3.63. The molecular weight excluding hydrogens is 431 g/mol. The molecule has 5 rings (SSSR count). The number of benzene rings is 2. The summed E-state index contributed by atoms with van der Waals surface area (Å²) in [6, 6.07) is 19.2. The van der Waals surface area contributed by atoms with E-state index in [-0.39, 0.29) is 24.1 Å². The van der Waals surface area contributed by atoms with E-state index >= 15 is 0 Å². The Balaban J connectivity index is 1.33. The first-order valence-electron chi connectivity index (χ1n) is 11.2. The van der Waals surface area contributed by atoms with Crippen LogP contribution in [0.15, 0.2) is 79.1 Å². The second-order valence-corrected chi connectivity index (χ2v) is 8.28. The highest BCUT2D eigenvalue weighted by molar-refractivity contribution is 6.07. The van der Waals surface area contributed by atoms with Crippen molar-refractivity contribution in [2.75, 3.05) is 26.2 Å². The number of carbonyl (C=O) groups is 2. The van der Waals surface area contributed by atoms with Crippen LogP contribution in [0.2, 0.25) is 0 Å². The number of nitrogens with zero attached hydrogens (tertiary/aromatic N) is 4. The Morgan fingerprint density at radius 1 is 0.853 bits per heavy atom. The van der Waals surface area contributed by atoms with Crippen LogP contribution in [0, 0.1) is 5.82 Å². The van der Waals surface area contributed by atoms with Gasteiger partial charge in [-0.1, -0.05) is 30.3 Å². The summed E-state index contributed by atoms with van der Waals surface area (Å²) in [5.41, 5.74) is 3.75. The maximum absolute atomic E-state index is 13.5. The van der Waals surface area contributed by atoms with Crippen LogP contribution in [-0.2, 0) is 11.2 Å². The molecule has 2 aromatic heterocycles. The minimum atomic E-state index is -0.320. The molecule has 6 nitrogen and oxygen atoms in total. The monoisotopic (exact) mass is 454 g/mol.